The van der Waals surface area contributed by atoms with Crippen molar-refractivity contribution in [3.8, 4) is 29.0 Å². The fourth-order valence-corrected chi connectivity index (χ4v) is 4.30. The number of alkyl halides is 1. The van der Waals surface area contributed by atoms with E-state index in [0.717, 1.165) is 5.75 Å². The van der Waals surface area contributed by atoms with Crippen LogP contribution in [0.5, 0.6) is 5.75 Å². The van der Waals surface area contributed by atoms with Gasteiger partial charge in [0.2, 0.25) is 0 Å². The maximum Gasteiger partial charge on any atom is 0.143 e. The summed E-state index contributed by atoms with van der Waals surface area (Å²) in [4.78, 5) is 4.31. The highest BCUT2D eigenvalue weighted by atomic mass is 32.2. The summed E-state index contributed by atoms with van der Waals surface area (Å²) in [6.45, 7) is 1.41. The number of hydrogen-bond donors (Lipinski definition) is 1. The van der Waals surface area contributed by atoms with Gasteiger partial charge in [-0.3, -0.25) is 0 Å². The number of ether oxygens (including phenoxy) is 2. The molecule has 2 fully saturated rings. The van der Waals surface area contributed by atoms with Gasteiger partial charge in [0, 0.05) is 30.1 Å². The highest BCUT2D eigenvalue weighted by Crippen LogP contribution is 2.37. The van der Waals surface area contributed by atoms with Crippen LogP contribution in [0, 0.1) is 28.6 Å². The Balaban J connectivity index is 1.64. The molecule has 8 heteroatoms. The predicted molar refractivity (Wildman–Crippen MR) is 107 cm³/mol. The van der Waals surface area contributed by atoms with E-state index in [1.165, 1.54) is 11.8 Å². The molecule has 1 aliphatic carbocycles. The minimum atomic E-state index is -0.780. The number of anilines is 1. The Morgan fingerprint density at radius 2 is 1.86 bits per heavy atom. The highest BCUT2D eigenvalue weighted by Gasteiger charge is 2.30. The number of benzene rings is 1. The minimum absolute atomic E-state index is 0.102. The molecule has 2 heterocycles. The number of nitrogens with zero attached hydrogens (tertiary/aromatic N) is 3. The maximum absolute atomic E-state index is 13.0. The maximum atomic E-state index is 13.0. The van der Waals surface area contributed by atoms with E-state index < -0.39 is 6.17 Å². The third kappa shape index (κ3) is 4.00. The molecule has 0 radical (unpaired) electrons. The Hall–Kier alpha value is -2.81. The molecule has 2 aromatic rings. The summed E-state index contributed by atoms with van der Waals surface area (Å²) in [6.07, 6.45) is -0.0631. The molecule has 1 saturated heterocycles. The summed E-state index contributed by atoms with van der Waals surface area (Å²) in [5, 5.41) is 19.9. The van der Waals surface area contributed by atoms with E-state index in [4.69, 9.17) is 15.2 Å². The highest BCUT2D eigenvalue weighted by molar-refractivity contribution is 7.99. The number of hydrogen-bond acceptors (Lipinski definition) is 7. The monoisotopic (exact) mass is 410 g/mol. The summed E-state index contributed by atoms with van der Waals surface area (Å²) in [5.74, 6) is 1.94. The molecule has 2 N–H and O–H groups in total. The van der Waals surface area contributed by atoms with Crippen LogP contribution >= 0.6 is 11.8 Å². The van der Waals surface area contributed by atoms with Gasteiger partial charge in [0.15, 0.2) is 0 Å². The molecule has 6 nitrogen and oxygen atoms in total. The van der Waals surface area contributed by atoms with E-state index in [1.807, 2.05) is 0 Å². The van der Waals surface area contributed by atoms with Gasteiger partial charge in [-0.1, -0.05) is 12.1 Å². The molecule has 29 heavy (non-hydrogen) atoms. The molecule has 1 aromatic carbocycles. The van der Waals surface area contributed by atoms with Crippen molar-refractivity contribution in [3.63, 3.8) is 0 Å². The number of thioether (sulfide) groups is 1. The lowest BCUT2D eigenvalue weighted by molar-refractivity contribution is -0.0196. The Bertz CT molecular complexity index is 990. The molecule has 148 valence electrons. The lowest BCUT2D eigenvalue weighted by Gasteiger charge is -2.30. The fraction of sp³-hybridized carbons (Fsp3) is 0.381. The Morgan fingerprint density at radius 3 is 2.41 bits per heavy atom. The first-order valence-electron chi connectivity index (χ1n) is 9.34. The van der Waals surface area contributed by atoms with E-state index in [-0.39, 0.29) is 17.5 Å². The largest absolute Gasteiger partial charge is 0.490 e. The zero-order chi connectivity index (χ0) is 20.4. The number of rotatable bonds is 6. The number of nitrogen functional groups attached to an aromatic ring is 1. The second-order valence-corrected chi connectivity index (χ2v) is 8.21. The van der Waals surface area contributed by atoms with Crippen LogP contribution in [0.2, 0.25) is 0 Å². The zero-order valence-corrected chi connectivity index (χ0v) is 16.4. The lowest BCUT2D eigenvalue weighted by atomic mass is 9.93. The van der Waals surface area contributed by atoms with Crippen LogP contribution in [0.3, 0.4) is 0 Å². The first-order valence-corrected chi connectivity index (χ1v) is 10.3. The van der Waals surface area contributed by atoms with Crippen LogP contribution in [0.25, 0.3) is 11.1 Å². The third-order valence-corrected chi connectivity index (χ3v) is 6.27. The lowest BCUT2D eigenvalue weighted by Crippen LogP contribution is -2.34. The van der Waals surface area contributed by atoms with Crippen LogP contribution in [-0.2, 0) is 4.74 Å². The van der Waals surface area contributed by atoms with Gasteiger partial charge in [0.25, 0.3) is 0 Å². The van der Waals surface area contributed by atoms with Crippen LogP contribution in [-0.4, -0.2) is 36.2 Å². The van der Waals surface area contributed by atoms with Gasteiger partial charge in [-0.05, 0) is 17.7 Å². The third-order valence-electron chi connectivity index (χ3n) is 5.06. The molecule has 0 atom stereocenters. The topological polar surface area (TPSA) is 105 Å². The van der Waals surface area contributed by atoms with Crippen molar-refractivity contribution >= 4 is 17.6 Å². The van der Waals surface area contributed by atoms with Crippen molar-refractivity contribution in [1.29, 1.82) is 10.5 Å². The van der Waals surface area contributed by atoms with Crippen molar-refractivity contribution in [1.82, 2.24) is 4.98 Å². The average molecular weight is 410 g/mol. The van der Waals surface area contributed by atoms with E-state index in [9.17, 15) is 14.9 Å². The summed E-state index contributed by atoms with van der Waals surface area (Å²) >= 11 is 1.46. The van der Waals surface area contributed by atoms with Gasteiger partial charge in [-0.2, -0.15) is 10.5 Å². The molecule has 0 unspecified atom stereocenters. The van der Waals surface area contributed by atoms with Gasteiger partial charge in [-0.25, -0.2) is 9.37 Å². The molecule has 0 spiro atoms. The predicted octanol–water partition coefficient (Wildman–Crippen LogP) is 3.69. The number of pyridine rings is 1. The number of aromatic nitrogens is 1. The molecule has 2 aliphatic rings. The van der Waals surface area contributed by atoms with Gasteiger partial charge >= 0.3 is 0 Å². The molecular weight excluding hydrogens is 391 g/mol. The second-order valence-electron chi connectivity index (χ2n) is 7.20. The van der Waals surface area contributed by atoms with Crippen molar-refractivity contribution in [3.05, 3.63) is 35.4 Å². The zero-order valence-electron chi connectivity index (χ0n) is 15.6. The SMILES string of the molecule is N#Cc1c(N)nc(SCC2COC2)c(C#N)c1-c1ccc(O[C@H]2C[C@@H](F)C2)cc1. The van der Waals surface area contributed by atoms with Crippen molar-refractivity contribution in [2.75, 3.05) is 24.7 Å². The van der Waals surface area contributed by atoms with Crippen molar-refractivity contribution in [2.45, 2.75) is 30.1 Å². The first-order chi connectivity index (χ1) is 14.1. The number of halogens is 1. The van der Waals surface area contributed by atoms with Crippen LogP contribution in [0.15, 0.2) is 29.3 Å². The second kappa shape index (κ2) is 8.28. The van der Waals surface area contributed by atoms with Crippen molar-refractivity contribution < 1.29 is 13.9 Å². The van der Waals surface area contributed by atoms with Gasteiger partial charge in [0.05, 0.1) is 18.8 Å². The summed E-state index contributed by atoms with van der Waals surface area (Å²) in [7, 11) is 0. The van der Waals surface area contributed by atoms with E-state index in [0.29, 0.717) is 59.4 Å². The van der Waals surface area contributed by atoms with E-state index in [1.54, 1.807) is 24.3 Å². The number of nitriles is 2. The van der Waals surface area contributed by atoms with Gasteiger partial charge < -0.3 is 15.2 Å². The van der Waals surface area contributed by atoms with Gasteiger partial charge in [-0.15, -0.1) is 11.8 Å². The molecule has 1 saturated carbocycles. The quantitative estimate of drug-likeness (QED) is 0.724. The fourth-order valence-electron chi connectivity index (χ4n) is 3.26. The Kier molecular flexibility index (Phi) is 5.57. The Labute approximate surface area is 172 Å². The van der Waals surface area contributed by atoms with Crippen LogP contribution in [0.4, 0.5) is 10.2 Å². The van der Waals surface area contributed by atoms with E-state index in [2.05, 4.69) is 17.1 Å². The molecule has 0 amide bonds. The molecule has 4 rings (SSSR count). The van der Waals surface area contributed by atoms with Gasteiger partial charge in [0.1, 0.15) is 46.6 Å². The van der Waals surface area contributed by atoms with E-state index >= 15 is 0 Å². The molecular formula is C21H19FN4O2S. The molecule has 0 bridgehead atoms. The normalized spacial score (nSPS) is 20.8. The minimum Gasteiger partial charge on any atom is -0.490 e. The summed E-state index contributed by atoms with van der Waals surface area (Å²) < 4.78 is 23.9. The molecule has 1 aliphatic heterocycles. The summed E-state index contributed by atoms with van der Waals surface area (Å²) in [5.41, 5.74) is 7.73. The summed E-state index contributed by atoms with van der Waals surface area (Å²) in [6, 6.07) is 11.4. The number of nitrogens with two attached hydrogens (primary N) is 1. The Morgan fingerprint density at radius 1 is 1.17 bits per heavy atom. The van der Waals surface area contributed by atoms with Crippen molar-refractivity contribution in [2.24, 2.45) is 5.92 Å². The smallest absolute Gasteiger partial charge is 0.143 e. The molecule has 1 aromatic heterocycles. The van der Waals surface area contributed by atoms with Crippen LogP contribution < -0.4 is 10.5 Å². The van der Waals surface area contributed by atoms with Crippen LogP contribution in [0.1, 0.15) is 24.0 Å². The standard InChI is InChI=1S/C21H19FN4O2S/c22-14-5-16(6-14)28-15-3-1-13(2-4-15)19-17(7-23)20(25)26-21(18(19)8-24)29-11-12-9-27-10-12/h1-4,12,14,16H,5-6,9-11H2,(H2,25,26)/t14-,16+. The average Bonchev–Trinajstić information content (AvgIpc) is 2.65. The first kappa shape index (κ1) is 19.5.